The van der Waals surface area contributed by atoms with E-state index in [1.807, 2.05) is 0 Å². The van der Waals surface area contributed by atoms with Crippen molar-refractivity contribution in [2.24, 2.45) is 0 Å². The van der Waals surface area contributed by atoms with E-state index >= 15 is 0 Å². The molecule has 0 amide bonds. The maximum absolute atomic E-state index is 2.59. The average molecular weight is 1360 g/mol. The number of hydrogen-bond acceptors (Lipinski definition) is 2. The maximum Gasteiger partial charge on any atom is 0.0742 e. The first-order chi connectivity index (χ1) is 53.2. The fourth-order valence-corrected chi connectivity index (χ4v) is 20.2. The van der Waals surface area contributed by atoms with Crippen LogP contribution in [0.3, 0.4) is 0 Å². The zero-order valence-corrected chi connectivity index (χ0v) is 58.7. The zero-order chi connectivity index (χ0) is 70.4. The van der Waals surface area contributed by atoms with Crippen molar-refractivity contribution >= 4 is 66.4 Å². The molecule has 2 heteroatoms. The molecule has 2 aliphatic heterocycles. The molecule has 0 radical (unpaired) electrons. The van der Waals surface area contributed by atoms with Crippen LogP contribution < -0.4 is 9.80 Å². The standard InChI is InChI=1S/C105H68N2/c1-7-35-70(36-8-1)103(71-37-9-2-10-38-71)91-60-25-27-64-96(91)106(74-43-15-5-16-44-74)101-83(54-32-62-94(101)103)77-50-29-52-81-87(77)68-88-78(84-55-33-63-95-102(84)107(75-45-17-6-18-46-75)97-65-28-26-61-92(97)104(95,72-39-11-3-12-40-72)73-41-13-4-14-42-73)51-30-53-82(88)98(81)85-56-31-57-86-99-76-47-20-19-34-69(76)66-67-93(99)105(100(85)86)89-58-23-21-48-79(89)80-49-22-24-59-90(80)105/h1-68H. The molecular weight excluding hydrogens is 1290 g/mol. The topological polar surface area (TPSA) is 6.48 Å². The Kier molecular flexibility index (Phi) is 13.5. The van der Waals surface area contributed by atoms with Gasteiger partial charge in [-0.15, -0.1) is 0 Å². The number of para-hydroxylation sites is 6. The Bertz CT molecular complexity index is 6210. The number of nitrogens with zero attached hydrogens (tertiary/aromatic N) is 2. The number of fused-ring (bicyclic) bond motifs is 18. The van der Waals surface area contributed by atoms with Crippen molar-refractivity contribution in [2.75, 3.05) is 9.80 Å². The molecule has 1 spiro atoms. The van der Waals surface area contributed by atoms with Crippen LogP contribution in [-0.2, 0) is 16.2 Å². The van der Waals surface area contributed by atoms with E-state index in [9.17, 15) is 0 Å². The van der Waals surface area contributed by atoms with Gasteiger partial charge < -0.3 is 9.80 Å². The summed E-state index contributed by atoms with van der Waals surface area (Å²) in [5.41, 5.74) is 31.6. The Balaban J connectivity index is 0.915. The van der Waals surface area contributed by atoms with E-state index in [1.165, 1.54) is 122 Å². The molecule has 2 aliphatic carbocycles. The van der Waals surface area contributed by atoms with Crippen LogP contribution >= 0.6 is 0 Å². The van der Waals surface area contributed by atoms with Gasteiger partial charge in [-0.2, -0.15) is 0 Å². The van der Waals surface area contributed by atoms with Crippen molar-refractivity contribution in [1.82, 2.24) is 0 Å². The summed E-state index contributed by atoms with van der Waals surface area (Å²) in [7, 11) is 0. The number of anilines is 6. The van der Waals surface area contributed by atoms with Crippen LogP contribution in [0.2, 0.25) is 0 Å². The molecule has 0 fully saturated rings. The highest BCUT2D eigenvalue weighted by Crippen LogP contribution is 2.68. The van der Waals surface area contributed by atoms with E-state index in [1.54, 1.807) is 0 Å². The van der Waals surface area contributed by atoms with Gasteiger partial charge in [-0.1, -0.05) is 370 Å². The van der Waals surface area contributed by atoms with Gasteiger partial charge in [-0.3, -0.25) is 0 Å². The Morgan fingerprint density at radius 2 is 0.505 bits per heavy atom. The molecule has 0 bridgehead atoms. The molecule has 4 aliphatic rings. The minimum absolute atomic E-state index is 0.692. The van der Waals surface area contributed by atoms with Gasteiger partial charge in [0.1, 0.15) is 0 Å². The van der Waals surface area contributed by atoms with E-state index in [2.05, 4.69) is 422 Å². The van der Waals surface area contributed by atoms with Crippen LogP contribution in [0.5, 0.6) is 0 Å². The summed E-state index contributed by atoms with van der Waals surface area (Å²) >= 11 is 0. The third-order valence-corrected chi connectivity index (χ3v) is 24.2. The second kappa shape index (κ2) is 23.7. The number of benzene rings is 18. The Morgan fingerprint density at radius 1 is 0.178 bits per heavy atom. The maximum atomic E-state index is 2.59. The van der Waals surface area contributed by atoms with Crippen LogP contribution in [0.4, 0.5) is 34.1 Å². The lowest BCUT2D eigenvalue weighted by Crippen LogP contribution is -2.38. The van der Waals surface area contributed by atoms with E-state index in [4.69, 9.17) is 0 Å². The summed E-state index contributed by atoms with van der Waals surface area (Å²) in [6.07, 6.45) is 0. The van der Waals surface area contributed by atoms with Gasteiger partial charge in [-0.25, -0.2) is 0 Å². The summed E-state index contributed by atoms with van der Waals surface area (Å²) in [4.78, 5) is 5.14. The van der Waals surface area contributed by atoms with E-state index in [0.29, 0.717) is 0 Å². The molecule has 18 aromatic carbocycles. The lowest BCUT2D eigenvalue weighted by Gasteiger charge is -2.47. The molecule has 22 rings (SSSR count). The Labute approximate surface area is 623 Å². The molecule has 0 atom stereocenters. The predicted molar refractivity (Wildman–Crippen MR) is 445 cm³/mol. The zero-order valence-electron chi connectivity index (χ0n) is 58.7. The van der Waals surface area contributed by atoms with Crippen molar-refractivity contribution < 1.29 is 0 Å². The molecule has 0 N–H and O–H groups in total. The normalized spacial score (nSPS) is 14.2. The van der Waals surface area contributed by atoms with E-state index in [-0.39, 0.29) is 0 Å². The SMILES string of the molecule is c1ccc(N2c3ccccc3C(c3ccccc3)(c3ccccc3)c3cccc(-c4cccc5c(-c6cccc7c6C6(c8ccccc8-c8ccccc86)c6ccc8ccccc8c6-7)c6cccc(-c7cccc8c7N(c7ccccc7)c7ccccc7C8(c7ccccc7)c7ccccc7)c6cc45)c32)cc1. The van der Waals surface area contributed by atoms with Gasteiger partial charge in [0.25, 0.3) is 0 Å². The highest BCUT2D eigenvalue weighted by atomic mass is 15.2. The minimum atomic E-state index is -0.734. The summed E-state index contributed by atoms with van der Waals surface area (Å²) < 4.78 is 0. The lowest BCUT2D eigenvalue weighted by molar-refractivity contribution is 0.731. The molecule has 107 heavy (non-hydrogen) atoms. The summed E-state index contributed by atoms with van der Waals surface area (Å²) in [6.45, 7) is 0. The first-order valence-corrected chi connectivity index (χ1v) is 37.4. The minimum Gasteiger partial charge on any atom is -0.309 e. The molecule has 18 aromatic rings. The third kappa shape index (κ3) is 8.35. The van der Waals surface area contributed by atoms with Gasteiger partial charge in [0.15, 0.2) is 0 Å². The lowest BCUT2D eigenvalue weighted by atomic mass is 9.62. The van der Waals surface area contributed by atoms with E-state index in [0.717, 1.165) is 67.2 Å². The van der Waals surface area contributed by atoms with E-state index < -0.39 is 16.2 Å². The van der Waals surface area contributed by atoms with Crippen LogP contribution in [0.15, 0.2) is 413 Å². The molecule has 2 heterocycles. The molecule has 0 saturated carbocycles. The Morgan fingerprint density at radius 3 is 0.972 bits per heavy atom. The average Bonchev–Trinajstić information content (AvgIpc) is 1.22. The Hall–Kier alpha value is -13.7. The molecule has 0 aromatic heterocycles. The summed E-state index contributed by atoms with van der Waals surface area (Å²) in [5.74, 6) is 0. The molecule has 498 valence electrons. The van der Waals surface area contributed by atoms with Crippen molar-refractivity contribution in [2.45, 2.75) is 16.2 Å². The summed E-state index contributed by atoms with van der Waals surface area (Å²) in [6, 6.07) is 157. The molecule has 0 unspecified atom stereocenters. The van der Waals surface area contributed by atoms with Crippen molar-refractivity contribution in [3.63, 3.8) is 0 Å². The fourth-order valence-electron chi connectivity index (χ4n) is 20.2. The van der Waals surface area contributed by atoms with Gasteiger partial charge >= 0.3 is 0 Å². The first-order valence-electron chi connectivity index (χ1n) is 37.4. The molecule has 0 saturated heterocycles. The second-order valence-electron chi connectivity index (χ2n) is 29.1. The number of rotatable bonds is 9. The van der Waals surface area contributed by atoms with Gasteiger partial charge in [0, 0.05) is 22.5 Å². The van der Waals surface area contributed by atoms with Crippen LogP contribution in [0, 0.1) is 0 Å². The number of hydrogen-bond donors (Lipinski definition) is 0. The third-order valence-electron chi connectivity index (χ3n) is 24.2. The highest BCUT2D eigenvalue weighted by molar-refractivity contribution is 6.22. The van der Waals surface area contributed by atoms with Crippen molar-refractivity contribution in [3.8, 4) is 55.6 Å². The van der Waals surface area contributed by atoms with Crippen molar-refractivity contribution in [1.29, 1.82) is 0 Å². The monoisotopic (exact) mass is 1360 g/mol. The highest BCUT2D eigenvalue weighted by Gasteiger charge is 2.54. The predicted octanol–water partition coefficient (Wildman–Crippen LogP) is 26.8. The summed E-state index contributed by atoms with van der Waals surface area (Å²) in [5, 5.41) is 7.16. The molecular formula is C105H68N2. The largest absolute Gasteiger partial charge is 0.309 e. The smallest absolute Gasteiger partial charge is 0.0742 e. The molecule has 2 nitrogen and oxygen atoms in total. The fraction of sp³-hybridized carbons (Fsp3) is 0.0286. The van der Waals surface area contributed by atoms with Crippen LogP contribution in [0.25, 0.3) is 88.0 Å². The first kappa shape index (κ1) is 60.9. The van der Waals surface area contributed by atoms with Gasteiger partial charge in [0.05, 0.1) is 39.0 Å². The quantitative estimate of drug-likeness (QED) is 0.133. The van der Waals surface area contributed by atoms with Crippen LogP contribution in [0.1, 0.15) is 66.8 Å². The second-order valence-corrected chi connectivity index (χ2v) is 29.1. The van der Waals surface area contributed by atoms with Gasteiger partial charge in [-0.05, 0) is 186 Å². The van der Waals surface area contributed by atoms with Gasteiger partial charge in [0.2, 0.25) is 0 Å². The van der Waals surface area contributed by atoms with Crippen molar-refractivity contribution in [3.05, 3.63) is 479 Å². The van der Waals surface area contributed by atoms with Crippen LogP contribution in [-0.4, -0.2) is 0 Å².